The molecule has 9 heteroatoms. The Morgan fingerprint density at radius 2 is 2.14 bits per heavy atom. The largest absolute Gasteiger partial charge is 0.481 e. The lowest BCUT2D eigenvalue weighted by molar-refractivity contribution is -0.154. The predicted molar refractivity (Wildman–Crippen MR) is 72.0 cm³/mol. The van der Waals surface area contributed by atoms with E-state index in [-0.39, 0.29) is 30.8 Å². The number of aliphatic carboxylic acids is 1. The van der Waals surface area contributed by atoms with E-state index in [2.05, 4.69) is 9.88 Å². The second kappa shape index (κ2) is 6.12. The third kappa shape index (κ3) is 4.02. The first-order chi connectivity index (χ1) is 9.83. The summed E-state index contributed by atoms with van der Waals surface area (Å²) in [5.74, 6) is -0.825. The van der Waals surface area contributed by atoms with Crippen molar-refractivity contribution in [3.8, 4) is 0 Å². The second-order valence-corrected chi connectivity index (χ2v) is 7.01. The molecule has 8 nitrogen and oxygen atoms in total. The molecule has 1 aliphatic rings. The maximum absolute atomic E-state index is 12.0. The molecule has 2 rings (SSSR count). The lowest BCUT2D eigenvalue weighted by atomic mass is 9.80. The third-order valence-electron chi connectivity index (χ3n) is 3.55. The number of carboxylic acids is 1. The molecule has 21 heavy (non-hydrogen) atoms. The van der Waals surface area contributed by atoms with Gasteiger partial charge >= 0.3 is 5.97 Å². The molecule has 118 valence electrons. The van der Waals surface area contributed by atoms with Gasteiger partial charge in [-0.2, -0.15) is 0 Å². The van der Waals surface area contributed by atoms with Crippen LogP contribution in [-0.4, -0.2) is 44.4 Å². The Bertz CT molecular complexity index is 603. The third-order valence-corrected chi connectivity index (χ3v) is 4.81. The molecule has 0 amide bonds. The number of carboxylic acid groups (broad SMARTS) is 1. The van der Waals surface area contributed by atoms with E-state index in [9.17, 15) is 18.3 Å². The van der Waals surface area contributed by atoms with Crippen LogP contribution in [0, 0.1) is 12.3 Å². The van der Waals surface area contributed by atoms with Gasteiger partial charge in [-0.1, -0.05) is 5.16 Å². The van der Waals surface area contributed by atoms with Crippen LogP contribution in [0.4, 0.5) is 0 Å². The van der Waals surface area contributed by atoms with Crippen molar-refractivity contribution in [2.45, 2.75) is 25.5 Å². The van der Waals surface area contributed by atoms with Gasteiger partial charge in [0.25, 0.3) is 0 Å². The Morgan fingerprint density at radius 1 is 1.48 bits per heavy atom. The molecule has 1 aliphatic heterocycles. The minimum absolute atomic E-state index is 0.148. The molecule has 0 spiro atoms. The molecule has 2 heterocycles. The van der Waals surface area contributed by atoms with Crippen LogP contribution in [0.2, 0.25) is 0 Å². The van der Waals surface area contributed by atoms with E-state index >= 15 is 0 Å². The Kier molecular flexibility index (Phi) is 4.64. The summed E-state index contributed by atoms with van der Waals surface area (Å²) in [6.07, 6.45) is 0.571. The van der Waals surface area contributed by atoms with Gasteiger partial charge in [0, 0.05) is 25.8 Å². The number of rotatable bonds is 6. The molecule has 0 aliphatic carbocycles. The van der Waals surface area contributed by atoms with Crippen LogP contribution in [-0.2, 0) is 25.3 Å². The zero-order valence-electron chi connectivity index (χ0n) is 11.7. The lowest BCUT2D eigenvalue weighted by Crippen LogP contribution is -2.46. The van der Waals surface area contributed by atoms with Gasteiger partial charge in [-0.25, -0.2) is 13.1 Å². The SMILES string of the molecule is Cc1cc(CS(=O)(=O)NCC2(C(=O)O)CCOCC2)no1. The summed E-state index contributed by atoms with van der Waals surface area (Å²) in [4.78, 5) is 11.4. The van der Waals surface area contributed by atoms with E-state index in [0.29, 0.717) is 19.0 Å². The summed E-state index contributed by atoms with van der Waals surface area (Å²) in [6.45, 7) is 2.15. The molecule has 2 N–H and O–H groups in total. The van der Waals surface area contributed by atoms with Crippen molar-refractivity contribution in [3.63, 3.8) is 0 Å². The normalized spacial score (nSPS) is 18.5. The molecule has 1 fully saturated rings. The van der Waals surface area contributed by atoms with Crippen molar-refractivity contribution in [3.05, 3.63) is 17.5 Å². The smallest absolute Gasteiger partial charge is 0.311 e. The van der Waals surface area contributed by atoms with E-state index in [1.807, 2.05) is 0 Å². The van der Waals surface area contributed by atoms with Crippen LogP contribution < -0.4 is 4.72 Å². The molecular weight excluding hydrogens is 300 g/mol. The predicted octanol–water partition coefficient (Wildman–Crippen LogP) is 0.284. The van der Waals surface area contributed by atoms with E-state index in [4.69, 9.17) is 9.26 Å². The fourth-order valence-corrected chi connectivity index (χ4v) is 3.33. The van der Waals surface area contributed by atoms with Gasteiger partial charge in [-0.05, 0) is 19.8 Å². The summed E-state index contributed by atoms with van der Waals surface area (Å²) in [5.41, 5.74) is -0.818. The number of hydrogen-bond acceptors (Lipinski definition) is 6. The molecule has 0 saturated carbocycles. The number of aryl methyl sites for hydroxylation is 1. The lowest BCUT2D eigenvalue weighted by Gasteiger charge is -2.32. The summed E-state index contributed by atoms with van der Waals surface area (Å²) in [7, 11) is -3.67. The molecule has 1 aromatic rings. The Balaban J connectivity index is 2.01. The number of ether oxygens (including phenoxy) is 1. The highest BCUT2D eigenvalue weighted by Crippen LogP contribution is 2.30. The van der Waals surface area contributed by atoms with Gasteiger partial charge in [-0.3, -0.25) is 4.79 Å². The quantitative estimate of drug-likeness (QED) is 0.773. The minimum atomic E-state index is -3.67. The van der Waals surface area contributed by atoms with Crippen molar-refractivity contribution >= 4 is 16.0 Å². The highest BCUT2D eigenvalue weighted by atomic mass is 32.2. The summed E-state index contributed by atoms with van der Waals surface area (Å²) in [6, 6.07) is 1.53. The van der Waals surface area contributed by atoms with Crippen LogP contribution in [0.15, 0.2) is 10.6 Å². The molecule has 0 radical (unpaired) electrons. The molecule has 0 aromatic carbocycles. The number of carbonyl (C=O) groups is 1. The Hall–Kier alpha value is -1.45. The fourth-order valence-electron chi connectivity index (χ4n) is 2.21. The fraction of sp³-hybridized carbons (Fsp3) is 0.667. The summed E-state index contributed by atoms with van der Waals surface area (Å²) < 4.78 is 36.3. The first-order valence-corrected chi connectivity index (χ1v) is 8.19. The molecule has 1 aromatic heterocycles. The average molecular weight is 318 g/mol. The van der Waals surface area contributed by atoms with Crippen LogP contribution in [0.25, 0.3) is 0 Å². The topological polar surface area (TPSA) is 119 Å². The van der Waals surface area contributed by atoms with Gasteiger partial charge < -0.3 is 14.4 Å². The van der Waals surface area contributed by atoms with E-state index in [0.717, 1.165) is 0 Å². The van der Waals surface area contributed by atoms with Crippen LogP contribution >= 0.6 is 0 Å². The first-order valence-electron chi connectivity index (χ1n) is 6.54. The standard InChI is InChI=1S/C12H18N2O6S/c1-9-6-10(14-20-9)7-21(17,18)13-8-12(11(15)16)2-4-19-5-3-12/h6,13H,2-5,7-8H2,1H3,(H,15,16). The Morgan fingerprint density at radius 3 is 2.67 bits per heavy atom. The van der Waals surface area contributed by atoms with Gasteiger partial charge in [0.05, 0.1) is 5.41 Å². The van der Waals surface area contributed by atoms with Gasteiger partial charge in [0.2, 0.25) is 10.0 Å². The summed E-state index contributed by atoms with van der Waals surface area (Å²) in [5, 5.41) is 13.0. The Labute approximate surface area is 122 Å². The second-order valence-electron chi connectivity index (χ2n) is 5.21. The van der Waals surface area contributed by atoms with Gasteiger partial charge in [-0.15, -0.1) is 0 Å². The minimum Gasteiger partial charge on any atom is -0.481 e. The molecule has 0 atom stereocenters. The number of hydrogen-bond donors (Lipinski definition) is 2. The zero-order valence-corrected chi connectivity index (χ0v) is 12.5. The molecule has 0 bridgehead atoms. The number of aromatic nitrogens is 1. The van der Waals surface area contributed by atoms with Gasteiger partial charge in [0.1, 0.15) is 17.2 Å². The number of nitrogens with zero attached hydrogens (tertiary/aromatic N) is 1. The van der Waals surface area contributed by atoms with Crippen LogP contribution in [0.1, 0.15) is 24.3 Å². The van der Waals surface area contributed by atoms with Crippen LogP contribution in [0.5, 0.6) is 0 Å². The van der Waals surface area contributed by atoms with E-state index < -0.39 is 21.4 Å². The van der Waals surface area contributed by atoms with Crippen LogP contribution in [0.3, 0.4) is 0 Å². The first kappa shape index (κ1) is 15.9. The monoisotopic (exact) mass is 318 g/mol. The zero-order chi connectivity index (χ0) is 15.5. The molecule has 1 saturated heterocycles. The highest BCUT2D eigenvalue weighted by molar-refractivity contribution is 7.88. The number of sulfonamides is 1. The van der Waals surface area contributed by atoms with Crippen molar-refractivity contribution in [1.82, 2.24) is 9.88 Å². The number of nitrogens with one attached hydrogen (secondary N) is 1. The van der Waals surface area contributed by atoms with Crippen molar-refractivity contribution in [2.24, 2.45) is 5.41 Å². The maximum Gasteiger partial charge on any atom is 0.311 e. The van der Waals surface area contributed by atoms with Gasteiger partial charge in [0.15, 0.2) is 0 Å². The molecule has 0 unspecified atom stereocenters. The van der Waals surface area contributed by atoms with E-state index in [1.165, 1.54) is 6.07 Å². The van der Waals surface area contributed by atoms with Crippen molar-refractivity contribution < 1.29 is 27.6 Å². The summed E-state index contributed by atoms with van der Waals surface area (Å²) >= 11 is 0. The van der Waals surface area contributed by atoms with Crippen molar-refractivity contribution in [2.75, 3.05) is 19.8 Å². The average Bonchev–Trinajstić information content (AvgIpc) is 2.82. The highest BCUT2D eigenvalue weighted by Gasteiger charge is 2.41. The van der Waals surface area contributed by atoms with Crippen molar-refractivity contribution in [1.29, 1.82) is 0 Å². The molecular formula is C12H18N2O6S. The maximum atomic E-state index is 12.0. The van der Waals surface area contributed by atoms with E-state index in [1.54, 1.807) is 6.92 Å².